The fourth-order valence-corrected chi connectivity index (χ4v) is 3.34. The number of fused-ring (bicyclic) bond motifs is 1. The highest BCUT2D eigenvalue weighted by molar-refractivity contribution is 14.1. The quantitative estimate of drug-likeness (QED) is 0.460. The highest BCUT2D eigenvalue weighted by Gasteiger charge is 2.13. The predicted molar refractivity (Wildman–Crippen MR) is 94.7 cm³/mol. The van der Waals surface area contributed by atoms with Gasteiger partial charge in [0.15, 0.2) is 16.8 Å². The molecule has 5 heteroatoms. The Bertz CT molecular complexity index is 916. The minimum Gasteiger partial charge on any atom is -0.459 e. The van der Waals surface area contributed by atoms with Gasteiger partial charge < -0.3 is 4.42 Å². The molecule has 0 N–H and O–H groups in total. The van der Waals surface area contributed by atoms with Crippen molar-refractivity contribution in [2.24, 2.45) is 0 Å². The van der Waals surface area contributed by atoms with Gasteiger partial charge >= 0.3 is 0 Å². The average molecular weight is 425 g/mol. The van der Waals surface area contributed by atoms with E-state index in [0.29, 0.717) is 27.3 Å². The van der Waals surface area contributed by atoms with E-state index in [1.807, 2.05) is 6.07 Å². The van der Waals surface area contributed by atoms with Crippen molar-refractivity contribution in [1.29, 1.82) is 0 Å². The van der Waals surface area contributed by atoms with Gasteiger partial charge in [-0.2, -0.15) is 0 Å². The van der Waals surface area contributed by atoms with Crippen LogP contribution in [-0.2, 0) is 6.42 Å². The number of rotatable bonds is 3. The molecule has 0 aliphatic carbocycles. The third kappa shape index (κ3) is 3.08. The second kappa shape index (κ2) is 6.22. The molecule has 110 valence electrons. The molecule has 0 saturated carbocycles. The van der Waals surface area contributed by atoms with Gasteiger partial charge in [0.1, 0.15) is 5.76 Å². The SMILES string of the molecule is O=C(Cc1cc(=O)c2cc(Cl)cc(I)c2o1)c1ccccc1. The Morgan fingerprint density at radius 2 is 1.86 bits per heavy atom. The molecular weight excluding hydrogens is 415 g/mol. The summed E-state index contributed by atoms with van der Waals surface area (Å²) in [6.45, 7) is 0. The summed E-state index contributed by atoms with van der Waals surface area (Å²) >= 11 is 8.02. The fraction of sp³-hybridized carbons (Fsp3) is 0.0588. The van der Waals surface area contributed by atoms with Gasteiger partial charge in [0, 0.05) is 16.7 Å². The maximum absolute atomic E-state index is 12.2. The van der Waals surface area contributed by atoms with Crippen molar-refractivity contribution in [3.63, 3.8) is 0 Å². The van der Waals surface area contributed by atoms with Crippen molar-refractivity contribution in [2.45, 2.75) is 6.42 Å². The van der Waals surface area contributed by atoms with Gasteiger partial charge in [-0.1, -0.05) is 41.9 Å². The van der Waals surface area contributed by atoms with Crippen molar-refractivity contribution in [3.05, 3.63) is 78.7 Å². The highest BCUT2D eigenvalue weighted by Crippen LogP contribution is 2.24. The zero-order chi connectivity index (χ0) is 15.7. The second-order valence-electron chi connectivity index (χ2n) is 4.81. The first-order valence-corrected chi connectivity index (χ1v) is 8.00. The molecule has 0 spiro atoms. The standard InChI is InChI=1S/C17H10ClIO3/c18-11-6-13-16(21)9-12(22-17(13)14(19)7-11)8-15(20)10-4-2-1-3-5-10/h1-7,9H,8H2. The summed E-state index contributed by atoms with van der Waals surface area (Å²) in [4.78, 5) is 24.4. The summed E-state index contributed by atoms with van der Waals surface area (Å²) in [7, 11) is 0. The van der Waals surface area contributed by atoms with E-state index in [-0.39, 0.29) is 17.6 Å². The highest BCUT2D eigenvalue weighted by atomic mass is 127. The van der Waals surface area contributed by atoms with Gasteiger partial charge in [-0.25, -0.2) is 0 Å². The molecule has 0 fully saturated rings. The Morgan fingerprint density at radius 1 is 1.14 bits per heavy atom. The topological polar surface area (TPSA) is 47.3 Å². The van der Waals surface area contributed by atoms with Crippen molar-refractivity contribution in [3.8, 4) is 0 Å². The van der Waals surface area contributed by atoms with Gasteiger partial charge in [-0.15, -0.1) is 0 Å². The van der Waals surface area contributed by atoms with E-state index in [2.05, 4.69) is 22.6 Å². The lowest BCUT2D eigenvalue weighted by Crippen LogP contribution is -2.08. The van der Waals surface area contributed by atoms with Gasteiger partial charge in [0.05, 0.1) is 15.4 Å². The lowest BCUT2D eigenvalue weighted by atomic mass is 10.1. The van der Waals surface area contributed by atoms with Crippen LogP contribution < -0.4 is 5.43 Å². The molecule has 0 bridgehead atoms. The van der Waals surface area contributed by atoms with Crippen LogP contribution in [0.5, 0.6) is 0 Å². The minimum absolute atomic E-state index is 0.0495. The molecule has 0 amide bonds. The Kier molecular flexibility index (Phi) is 4.31. The van der Waals surface area contributed by atoms with Crippen LogP contribution in [0.15, 0.2) is 57.7 Å². The van der Waals surface area contributed by atoms with Crippen molar-refractivity contribution in [2.75, 3.05) is 0 Å². The van der Waals surface area contributed by atoms with Crippen LogP contribution in [0.1, 0.15) is 16.1 Å². The number of halogens is 2. The molecule has 22 heavy (non-hydrogen) atoms. The molecule has 3 aromatic rings. The zero-order valence-corrected chi connectivity index (χ0v) is 14.2. The largest absolute Gasteiger partial charge is 0.459 e. The number of ketones is 1. The number of carbonyl (C=O) groups is 1. The maximum atomic E-state index is 12.2. The molecule has 3 rings (SSSR count). The normalized spacial score (nSPS) is 10.8. The lowest BCUT2D eigenvalue weighted by molar-refractivity contribution is 0.0987. The first-order valence-electron chi connectivity index (χ1n) is 6.54. The minimum atomic E-state index is -0.197. The molecule has 0 radical (unpaired) electrons. The van der Waals surface area contributed by atoms with Gasteiger partial charge in [0.2, 0.25) is 0 Å². The monoisotopic (exact) mass is 424 g/mol. The Labute approximate surface area is 145 Å². The van der Waals surface area contributed by atoms with E-state index in [1.165, 1.54) is 6.07 Å². The van der Waals surface area contributed by atoms with Crippen molar-refractivity contribution >= 4 is 50.9 Å². The van der Waals surface area contributed by atoms with E-state index < -0.39 is 0 Å². The van der Waals surface area contributed by atoms with Crippen LogP contribution in [0.3, 0.4) is 0 Å². The number of hydrogen-bond donors (Lipinski definition) is 0. The zero-order valence-electron chi connectivity index (χ0n) is 11.3. The maximum Gasteiger partial charge on any atom is 0.193 e. The summed E-state index contributed by atoms with van der Waals surface area (Å²) < 4.78 is 6.48. The average Bonchev–Trinajstić information content (AvgIpc) is 2.49. The van der Waals surface area contributed by atoms with Gasteiger partial charge in [-0.3, -0.25) is 9.59 Å². The second-order valence-corrected chi connectivity index (χ2v) is 6.41. The number of benzene rings is 2. The fourth-order valence-electron chi connectivity index (χ4n) is 2.20. The Morgan fingerprint density at radius 3 is 2.59 bits per heavy atom. The molecule has 1 heterocycles. The molecule has 1 aromatic heterocycles. The summed E-state index contributed by atoms with van der Waals surface area (Å²) in [5, 5.41) is 0.908. The predicted octanol–water partition coefficient (Wildman–Crippen LogP) is 4.48. The summed E-state index contributed by atoms with van der Waals surface area (Å²) in [5.74, 6) is 0.263. The summed E-state index contributed by atoms with van der Waals surface area (Å²) in [5.41, 5.74) is 0.863. The molecule has 0 atom stereocenters. The van der Waals surface area contributed by atoms with E-state index in [1.54, 1.807) is 36.4 Å². The molecule has 0 aliphatic rings. The van der Waals surface area contributed by atoms with Gasteiger partial charge in [0.25, 0.3) is 0 Å². The van der Waals surface area contributed by atoms with E-state index in [9.17, 15) is 9.59 Å². The third-order valence-corrected chi connectivity index (χ3v) is 4.25. The summed E-state index contributed by atoms with van der Waals surface area (Å²) in [6, 6.07) is 13.6. The van der Waals surface area contributed by atoms with E-state index in [0.717, 1.165) is 3.57 Å². The molecule has 0 unspecified atom stereocenters. The molecular formula is C17H10ClIO3. The molecule has 3 nitrogen and oxygen atoms in total. The van der Waals surface area contributed by atoms with Crippen LogP contribution in [-0.4, -0.2) is 5.78 Å². The van der Waals surface area contributed by atoms with Crippen LogP contribution in [0.25, 0.3) is 11.0 Å². The third-order valence-electron chi connectivity index (χ3n) is 3.23. The molecule has 0 aliphatic heterocycles. The Hall–Kier alpha value is -1.66. The smallest absolute Gasteiger partial charge is 0.193 e. The van der Waals surface area contributed by atoms with Crippen LogP contribution in [0.2, 0.25) is 5.02 Å². The first-order chi connectivity index (χ1) is 10.5. The number of carbonyl (C=O) groups excluding carboxylic acids is 1. The molecule has 2 aromatic carbocycles. The summed E-state index contributed by atoms with van der Waals surface area (Å²) in [6.07, 6.45) is 0.0495. The van der Waals surface area contributed by atoms with Crippen molar-refractivity contribution < 1.29 is 9.21 Å². The van der Waals surface area contributed by atoms with Gasteiger partial charge in [-0.05, 0) is 34.7 Å². The number of hydrogen-bond acceptors (Lipinski definition) is 3. The van der Waals surface area contributed by atoms with Crippen LogP contribution in [0.4, 0.5) is 0 Å². The first kappa shape index (κ1) is 15.2. The van der Waals surface area contributed by atoms with E-state index in [4.69, 9.17) is 16.0 Å². The van der Waals surface area contributed by atoms with Crippen LogP contribution >= 0.6 is 34.2 Å². The van der Waals surface area contributed by atoms with Crippen molar-refractivity contribution in [1.82, 2.24) is 0 Å². The van der Waals surface area contributed by atoms with Crippen LogP contribution in [0, 0.1) is 3.57 Å². The lowest BCUT2D eigenvalue weighted by Gasteiger charge is -2.05. The van der Waals surface area contributed by atoms with E-state index >= 15 is 0 Å². The Balaban J connectivity index is 2.02. The molecule has 0 saturated heterocycles. The number of Topliss-reactive ketones (excluding diaryl/α,β-unsaturated/α-hetero) is 1.